The fourth-order valence-corrected chi connectivity index (χ4v) is 3.47. The predicted molar refractivity (Wildman–Crippen MR) is 128 cm³/mol. The Morgan fingerprint density at radius 3 is 2.41 bits per heavy atom. The molecule has 176 valence electrons. The van der Waals surface area contributed by atoms with Crippen molar-refractivity contribution >= 4 is 28.7 Å². The normalized spacial score (nSPS) is 11.4. The molecule has 0 spiro atoms. The first kappa shape index (κ1) is 24.4. The lowest BCUT2D eigenvalue weighted by Gasteiger charge is -2.21. The van der Waals surface area contributed by atoms with Gasteiger partial charge in [-0.25, -0.2) is 9.18 Å². The van der Waals surface area contributed by atoms with E-state index in [9.17, 15) is 18.8 Å². The van der Waals surface area contributed by atoms with Gasteiger partial charge in [0, 0.05) is 42.2 Å². The standard InChI is InChI=1S/C26H26FN3O4/c1-3-13-30(14-4-2)24(31)17-34-26(33)23(29-25(32)18-9-11-20(27)12-10-18)15-19-16-28-22-8-6-5-7-21(19)22/h3-12,16,23,28H,1-2,13-15,17H2,(H,29,32)/t23-/m0/s1. The summed E-state index contributed by atoms with van der Waals surface area (Å²) in [4.78, 5) is 42.7. The van der Waals surface area contributed by atoms with Crippen LogP contribution in [-0.2, 0) is 20.7 Å². The summed E-state index contributed by atoms with van der Waals surface area (Å²) >= 11 is 0. The van der Waals surface area contributed by atoms with E-state index < -0.39 is 36.2 Å². The minimum absolute atomic E-state index is 0.132. The molecule has 34 heavy (non-hydrogen) atoms. The minimum atomic E-state index is -1.07. The molecule has 2 aromatic carbocycles. The third kappa shape index (κ3) is 6.19. The van der Waals surface area contributed by atoms with Crippen LogP contribution in [0.3, 0.4) is 0 Å². The van der Waals surface area contributed by atoms with Crippen LogP contribution < -0.4 is 5.32 Å². The molecular weight excluding hydrogens is 437 g/mol. The van der Waals surface area contributed by atoms with Gasteiger partial charge in [0.05, 0.1) is 0 Å². The van der Waals surface area contributed by atoms with Crippen LogP contribution in [0.5, 0.6) is 0 Å². The monoisotopic (exact) mass is 463 g/mol. The molecule has 0 radical (unpaired) electrons. The third-order valence-electron chi connectivity index (χ3n) is 5.18. The van der Waals surface area contributed by atoms with Crippen molar-refractivity contribution in [1.82, 2.24) is 15.2 Å². The zero-order valence-corrected chi connectivity index (χ0v) is 18.6. The molecule has 1 atom stereocenters. The Hall–Kier alpha value is -4.20. The van der Waals surface area contributed by atoms with Gasteiger partial charge in [-0.15, -0.1) is 13.2 Å². The molecule has 2 amide bonds. The topological polar surface area (TPSA) is 91.5 Å². The molecule has 0 saturated carbocycles. The molecule has 0 aliphatic heterocycles. The molecule has 3 aromatic rings. The number of aromatic amines is 1. The predicted octanol–water partition coefficient (Wildman–Crippen LogP) is 3.39. The molecule has 1 aromatic heterocycles. The van der Waals surface area contributed by atoms with Gasteiger partial charge in [0.25, 0.3) is 11.8 Å². The molecule has 2 N–H and O–H groups in total. The molecule has 0 aliphatic carbocycles. The summed E-state index contributed by atoms with van der Waals surface area (Å²) < 4.78 is 18.5. The van der Waals surface area contributed by atoms with E-state index in [0.29, 0.717) is 0 Å². The molecule has 0 aliphatic rings. The fraction of sp³-hybridized carbons (Fsp3) is 0.192. The Bertz CT molecular complexity index is 1180. The Balaban J connectivity index is 1.77. The number of nitrogens with one attached hydrogen (secondary N) is 2. The summed E-state index contributed by atoms with van der Waals surface area (Å²) in [7, 11) is 0. The molecule has 7 nitrogen and oxygen atoms in total. The van der Waals surface area contributed by atoms with E-state index in [1.807, 2.05) is 24.3 Å². The van der Waals surface area contributed by atoms with Crippen LogP contribution in [0, 0.1) is 5.82 Å². The number of para-hydroxylation sites is 1. The molecular formula is C26H26FN3O4. The maximum atomic E-state index is 13.2. The average molecular weight is 464 g/mol. The number of hydrogen-bond acceptors (Lipinski definition) is 4. The summed E-state index contributed by atoms with van der Waals surface area (Å²) in [6.07, 6.45) is 5.01. The maximum absolute atomic E-state index is 13.2. The SMILES string of the molecule is C=CCN(CC=C)C(=O)COC(=O)[C@H](Cc1c[nH]c2ccccc12)NC(=O)c1ccc(F)cc1. The van der Waals surface area contributed by atoms with Crippen LogP contribution in [0.1, 0.15) is 15.9 Å². The summed E-state index contributed by atoms with van der Waals surface area (Å²) in [6.45, 7) is 7.30. The fourth-order valence-electron chi connectivity index (χ4n) is 3.47. The summed E-state index contributed by atoms with van der Waals surface area (Å²) in [5.41, 5.74) is 1.87. The van der Waals surface area contributed by atoms with E-state index >= 15 is 0 Å². The van der Waals surface area contributed by atoms with Crippen molar-refractivity contribution in [2.75, 3.05) is 19.7 Å². The highest BCUT2D eigenvalue weighted by atomic mass is 19.1. The van der Waals surface area contributed by atoms with Crippen LogP contribution in [0.15, 0.2) is 80.0 Å². The quantitative estimate of drug-likeness (QED) is 0.337. The van der Waals surface area contributed by atoms with Gasteiger partial charge in [0.1, 0.15) is 11.9 Å². The second kappa shape index (κ2) is 11.6. The summed E-state index contributed by atoms with van der Waals surface area (Å²) in [6, 6.07) is 11.5. The van der Waals surface area contributed by atoms with E-state index in [1.165, 1.54) is 17.0 Å². The van der Waals surface area contributed by atoms with Crippen LogP contribution in [0.4, 0.5) is 4.39 Å². The molecule has 0 bridgehead atoms. The molecule has 0 unspecified atom stereocenters. The number of nitrogens with zero attached hydrogens (tertiary/aromatic N) is 1. The van der Waals surface area contributed by atoms with E-state index in [4.69, 9.17) is 4.74 Å². The van der Waals surface area contributed by atoms with E-state index in [0.717, 1.165) is 28.6 Å². The Morgan fingerprint density at radius 1 is 1.06 bits per heavy atom. The number of carbonyl (C=O) groups is 3. The highest BCUT2D eigenvalue weighted by molar-refractivity contribution is 5.97. The number of carbonyl (C=O) groups excluding carboxylic acids is 3. The summed E-state index contributed by atoms with van der Waals surface area (Å²) in [5.74, 6) is -2.21. The first-order valence-electron chi connectivity index (χ1n) is 10.7. The number of benzene rings is 2. The second-order valence-corrected chi connectivity index (χ2v) is 7.58. The summed E-state index contributed by atoms with van der Waals surface area (Å²) in [5, 5.41) is 3.55. The van der Waals surface area contributed by atoms with Crippen molar-refractivity contribution in [1.29, 1.82) is 0 Å². The van der Waals surface area contributed by atoms with Crippen molar-refractivity contribution in [3.63, 3.8) is 0 Å². The third-order valence-corrected chi connectivity index (χ3v) is 5.18. The number of hydrogen-bond donors (Lipinski definition) is 2. The van der Waals surface area contributed by atoms with Crippen LogP contribution in [0.25, 0.3) is 10.9 Å². The van der Waals surface area contributed by atoms with Crippen molar-refractivity contribution in [2.45, 2.75) is 12.5 Å². The Kier molecular flexibility index (Phi) is 8.34. The zero-order chi connectivity index (χ0) is 24.5. The Labute approximate surface area is 196 Å². The first-order valence-corrected chi connectivity index (χ1v) is 10.7. The van der Waals surface area contributed by atoms with Crippen molar-refractivity contribution in [3.8, 4) is 0 Å². The minimum Gasteiger partial charge on any atom is -0.454 e. The smallest absolute Gasteiger partial charge is 0.329 e. The highest BCUT2D eigenvalue weighted by Gasteiger charge is 2.26. The zero-order valence-electron chi connectivity index (χ0n) is 18.6. The lowest BCUT2D eigenvalue weighted by molar-refractivity contribution is -0.153. The molecule has 8 heteroatoms. The van der Waals surface area contributed by atoms with E-state index in [-0.39, 0.29) is 25.1 Å². The number of H-pyrrole nitrogens is 1. The van der Waals surface area contributed by atoms with E-state index in [2.05, 4.69) is 23.5 Å². The van der Waals surface area contributed by atoms with E-state index in [1.54, 1.807) is 18.3 Å². The maximum Gasteiger partial charge on any atom is 0.329 e. The van der Waals surface area contributed by atoms with Crippen LogP contribution in [0.2, 0.25) is 0 Å². The first-order chi connectivity index (χ1) is 16.4. The molecule has 0 saturated heterocycles. The number of amides is 2. The van der Waals surface area contributed by atoms with Gasteiger partial charge in [-0.05, 0) is 35.9 Å². The van der Waals surface area contributed by atoms with Gasteiger partial charge in [-0.3, -0.25) is 9.59 Å². The Morgan fingerprint density at radius 2 is 1.74 bits per heavy atom. The van der Waals surface area contributed by atoms with Crippen LogP contribution in [-0.4, -0.2) is 53.4 Å². The van der Waals surface area contributed by atoms with Gasteiger partial charge in [-0.2, -0.15) is 0 Å². The van der Waals surface area contributed by atoms with Gasteiger partial charge in [0.2, 0.25) is 0 Å². The van der Waals surface area contributed by atoms with Gasteiger partial charge in [0.15, 0.2) is 6.61 Å². The molecule has 3 rings (SSSR count). The van der Waals surface area contributed by atoms with Gasteiger partial charge < -0.3 is 19.9 Å². The number of esters is 1. The second-order valence-electron chi connectivity index (χ2n) is 7.58. The van der Waals surface area contributed by atoms with Crippen molar-refractivity contribution in [3.05, 3.63) is 97.0 Å². The van der Waals surface area contributed by atoms with Crippen molar-refractivity contribution < 1.29 is 23.5 Å². The lowest BCUT2D eigenvalue weighted by Crippen LogP contribution is -2.44. The van der Waals surface area contributed by atoms with Gasteiger partial charge in [-0.1, -0.05) is 30.4 Å². The number of aromatic nitrogens is 1. The molecule has 0 fully saturated rings. The van der Waals surface area contributed by atoms with Gasteiger partial charge >= 0.3 is 5.97 Å². The average Bonchev–Trinajstić information content (AvgIpc) is 3.25. The van der Waals surface area contributed by atoms with Crippen molar-refractivity contribution in [2.24, 2.45) is 0 Å². The number of fused-ring (bicyclic) bond motifs is 1. The molecule has 1 heterocycles. The number of rotatable bonds is 11. The van der Waals surface area contributed by atoms with Crippen LogP contribution >= 0.6 is 0 Å². The largest absolute Gasteiger partial charge is 0.454 e. The number of halogens is 1. The number of ether oxygens (including phenoxy) is 1. The lowest BCUT2D eigenvalue weighted by atomic mass is 10.0. The highest BCUT2D eigenvalue weighted by Crippen LogP contribution is 2.19.